The summed E-state index contributed by atoms with van der Waals surface area (Å²) in [6.45, 7) is 3.39. The Kier molecular flexibility index (Phi) is 4.79. The minimum atomic E-state index is -1.07. The molecule has 126 valence electrons. The Bertz CT molecular complexity index is 753. The first-order valence-electron chi connectivity index (χ1n) is 8.32. The molecule has 1 N–H and O–H groups in total. The number of anilines is 1. The number of aromatic nitrogens is 1. The third-order valence-electron chi connectivity index (χ3n) is 4.41. The summed E-state index contributed by atoms with van der Waals surface area (Å²) in [4.78, 5) is 18.5. The van der Waals surface area contributed by atoms with Gasteiger partial charge in [0.25, 0.3) is 0 Å². The van der Waals surface area contributed by atoms with Crippen molar-refractivity contribution in [1.82, 2.24) is 4.98 Å². The van der Waals surface area contributed by atoms with E-state index in [4.69, 9.17) is 0 Å². The number of benzene rings is 1. The Balaban J connectivity index is 2.19. The van der Waals surface area contributed by atoms with E-state index >= 15 is 0 Å². The molecule has 5 heteroatoms. The predicted molar refractivity (Wildman–Crippen MR) is 92.0 cm³/mol. The van der Waals surface area contributed by atoms with E-state index < -0.39 is 11.8 Å². The lowest BCUT2D eigenvalue weighted by Crippen LogP contribution is -2.27. The van der Waals surface area contributed by atoms with E-state index in [1.807, 2.05) is 11.8 Å². The molecule has 0 radical (unpaired) electrons. The molecule has 2 aromatic rings. The lowest BCUT2D eigenvalue weighted by Gasteiger charge is -2.25. The number of halogens is 1. The molecule has 0 bridgehead atoms. The second-order valence-corrected chi connectivity index (χ2v) is 6.20. The predicted octanol–water partition coefficient (Wildman–Crippen LogP) is 4.27. The maximum Gasteiger partial charge on any atom is 0.340 e. The highest BCUT2D eigenvalue weighted by atomic mass is 19.1. The maximum atomic E-state index is 14.3. The fourth-order valence-electron chi connectivity index (χ4n) is 3.27. The molecule has 4 nitrogen and oxygen atoms in total. The molecule has 0 unspecified atom stereocenters. The molecule has 1 aliphatic heterocycles. The first-order chi connectivity index (χ1) is 11.6. The summed E-state index contributed by atoms with van der Waals surface area (Å²) in [6, 6.07) is 7.93. The summed E-state index contributed by atoms with van der Waals surface area (Å²) < 4.78 is 14.3. The van der Waals surface area contributed by atoms with Crippen molar-refractivity contribution in [2.24, 2.45) is 0 Å². The van der Waals surface area contributed by atoms with E-state index in [0.29, 0.717) is 22.6 Å². The molecule has 1 fully saturated rings. The first-order valence-corrected chi connectivity index (χ1v) is 8.32. The topological polar surface area (TPSA) is 53.4 Å². The molecular weight excluding hydrogens is 307 g/mol. The summed E-state index contributed by atoms with van der Waals surface area (Å²) in [5.41, 5.74) is 1.48. The first kappa shape index (κ1) is 16.4. The third-order valence-corrected chi connectivity index (χ3v) is 4.41. The number of hydrogen-bond donors (Lipinski definition) is 1. The molecule has 0 atom stereocenters. The highest BCUT2D eigenvalue weighted by Gasteiger charge is 2.25. The van der Waals surface area contributed by atoms with Crippen molar-refractivity contribution in [1.29, 1.82) is 0 Å². The SMILES string of the molecule is Cc1cc(-c2ccccc2F)c(C(=O)O)c(N2CCCCCC2)n1. The molecule has 0 saturated carbocycles. The minimum absolute atomic E-state index is 0.0904. The number of pyridine rings is 1. The van der Waals surface area contributed by atoms with Crippen molar-refractivity contribution < 1.29 is 14.3 Å². The largest absolute Gasteiger partial charge is 0.478 e. The van der Waals surface area contributed by atoms with Crippen molar-refractivity contribution in [3.63, 3.8) is 0 Å². The monoisotopic (exact) mass is 328 g/mol. The quantitative estimate of drug-likeness (QED) is 0.914. The van der Waals surface area contributed by atoms with Crippen LogP contribution in [0.4, 0.5) is 10.2 Å². The number of carboxylic acids is 1. The van der Waals surface area contributed by atoms with Gasteiger partial charge in [-0.15, -0.1) is 0 Å². The van der Waals surface area contributed by atoms with Gasteiger partial charge >= 0.3 is 5.97 Å². The average Bonchev–Trinajstić information content (AvgIpc) is 2.83. The zero-order chi connectivity index (χ0) is 17.1. The van der Waals surface area contributed by atoms with E-state index in [0.717, 1.165) is 38.8 Å². The molecule has 2 heterocycles. The van der Waals surface area contributed by atoms with Gasteiger partial charge in [-0.25, -0.2) is 14.2 Å². The lowest BCUT2D eigenvalue weighted by atomic mass is 9.98. The van der Waals surface area contributed by atoms with Gasteiger partial charge in [0.15, 0.2) is 0 Å². The van der Waals surface area contributed by atoms with Crippen molar-refractivity contribution >= 4 is 11.8 Å². The van der Waals surface area contributed by atoms with Crippen LogP contribution in [-0.4, -0.2) is 29.1 Å². The van der Waals surface area contributed by atoms with Gasteiger partial charge in [-0.1, -0.05) is 31.0 Å². The number of hydrogen-bond acceptors (Lipinski definition) is 3. The maximum absolute atomic E-state index is 14.3. The molecule has 3 rings (SSSR count). The molecule has 1 aliphatic rings. The van der Waals surface area contributed by atoms with Crippen LogP contribution < -0.4 is 4.90 Å². The Morgan fingerprint density at radius 1 is 1.12 bits per heavy atom. The van der Waals surface area contributed by atoms with E-state index in [-0.39, 0.29) is 5.56 Å². The van der Waals surface area contributed by atoms with Gasteiger partial charge in [-0.05, 0) is 31.9 Å². The Hall–Kier alpha value is -2.43. The van der Waals surface area contributed by atoms with Gasteiger partial charge in [-0.2, -0.15) is 0 Å². The highest BCUT2D eigenvalue weighted by molar-refractivity contribution is 6.01. The number of rotatable bonds is 3. The Morgan fingerprint density at radius 2 is 1.79 bits per heavy atom. The average molecular weight is 328 g/mol. The Labute approximate surface area is 141 Å². The van der Waals surface area contributed by atoms with Crippen LogP contribution in [0.5, 0.6) is 0 Å². The zero-order valence-corrected chi connectivity index (χ0v) is 13.8. The number of nitrogens with zero attached hydrogens (tertiary/aromatic N) is 2. The van der Waals surface area contributed by atoms with Crippen LogP contribution in [0, 0.1) is 12.7 Å². The normalized spacial score (nSPS) is 15.2. The van der Waals surface area contributed by atoms with Gasteiger partial charge in [0.2, 0.25) is 0 Å². The second kappa shape index (κ2) is 6.99. The fourth-order valence-corrected chi connectivity index (χ4v) is 3.27. The van der Waals surface area contributed by atoms with Crippen LogP contribution in [0.2, 0.25) is 0 Å². The zero-order valence-electron chi connectivity index (χ0n) is 13.8. The molecular formula is C19H21FN2O2. The minimum Gasteiger partial charge on any atom is -0.478 e. The van der Waals surface area contributed by atoms with Crippen LogP contribution in [-0.2, 0) is 0 Å². The van der Waals surface area contributed by atoms with Crippen molar-refractivity contribution in [3.8, 4) is 11.1 Å². The summed E-state index contributed by atoms with van der Waals surface area (Å²) >= 11 is 0. The molecule has 0 spiro atoms. The van der Waals surface area contributed by atoms with Gasteiger partial charge in [0.1, 0.15) is 17.2 Å². The summed E-state index contributed by atoms with van der Waals surface area (Å²) in [5, 5.41) is 9.80. The summed E-state index contributed by atoms with van der Waals surface area (Å²) in [6.07, 6.45) is 4.32. The number of carbonyl (C=O) groups is 1. The van der Waals surface area contributed by atoms with Gasteiger partial charge in [0.05, 0.1) is 0 Å². The number of aromatic carboxylic acids is 1. The molecule has 0 amide bonds. The highest BCUT2D eigenvalue weighted by Crippen LogP contribution is 2.33. The van der Waals surface area contributed by atoms with Crippen LogP contribution in [0.3, 0.4) is 0 Å². The van der Waals surface area contributed by atoms with E-state index in [2.05, 4.69) is 4.98 Å². The van der Waals surface area contributed by atoms with Crippen molar-refractivity contribution in [2.75, 3.05) is 18.0 Å². The molecule has 24 heavy (non-hydrogen) atoms. The number of carboxylic acid groups (broad SMARTS) is 1. The van der Waals surface area contributed by atoms with Crippen LogP contribution in [0.1, 0.15) is 41.7 Å². The van der Waals surface area contributed by atoms with E-state index in [9.17, 15) is 14.3 Å². The smallest absolute Gasteiger partial charge is 0.340 e. The van der Waals surface area contributed by atoms with Crippen LogP contribution in [0.25, 0.3) is 11.1 Å². The number of aryl methyl sites for hydroxylation is 1. The van der Waals surface area contributed by atoms with Crippen molar-refractivity contribution in [2.45, 2.75) is 32.6 Å². The van der Waals surface area contributed by atoms with E-state index in [1.165, 1.54) is 6.07 Å². The van der Waals surface area contributed by atoms with Crippen LogP contribution >= 0.6 is 0 Å². The second-order valence-electron chi connectivity index (χ2n) is 6.20. The Morgan fingerprint density at radius 3 is 2.42 bits per heavy atom. The molecule has 1 aromatic carbocycles. The molecule has 1 saturated heterocycles. The fraction of sp³-hybridized carbons (Fsp3) is 0.368. The molecule has 1 aromatic heterocycles. The molecule has 0 aliphatic carbocycles. The third kappa shape index (κ3) is 3.25. The summed E-state index contributed by atoms with van der Waals surface area (Å²) in [7, 11) is 0. The van der Waals surface area contributed by atoms with Gasteiger partial charge in [-0.3, -0.25) is 0 Å². The van der Waals surface area contributed by atoms with Crippen molar-refractivity contribution in [3.05, 3.63) is 47.4 Å². The van der Waals surface area contributed by atoms with E-state index in [1.54, 1.807) is 24.3 Å². The van der Waals surface area contributed by atoms with Gasteiger partial charge in [0, 0.05) is 29.9 Å². The van der Waals surface area contributed by atoms with Gasteiger partial charge < -0.3 is 10.0 Å². The standard InChI is InChI=1S/C19H21FN2O2/c1-13-12-15(14-8-4-5-9-16(14)20)17(19(23)24)18(21-13)22-10-6-2-3-7-11-22/h4-5,8-9,12H,2-3,6-7,10-11H2,1H3,(H,23,24). The summed E-state index contributed by atoms with van der Waals surface area (Å²) in [5.74, 6) is -1.03. The lowest BCUT2D eigenvalue weighted by molar-refractivity contribution is 0.0698. The van der Waals surface area contributed by atoms with Crippen LogP contribution in [0.15, 0.2) is 30.3 Å².